The molecule has 2 N–H and O–H groups in total. The van der Waals surface area contributed by atoms with Gasteiger partial charge in [0.05, 0.1) is 11.4 Å². The van der Waals surface area contributed by atoms with E-state index in [2.05, 4.69) is 35.5 Å². The summed E-state index contributed by atoms with van der Waals surface area (Å²) in [6.07, 6.45) is 0. The fraction of sp³-hybridized carbons (Fsp3) is 0.0588. The summed E-state index contributed by atoms with van der Waals surface area (Å²) in [5.41, 5.74) is 1.28. The number of aromatic nitrogens is 4. The average molecular weight is 389 g/mol. The van der Waals surface area contributed by atoms with Gasteiger partial charge in [-0.1, -0.05) is 17.7 Å². The number of benzene rings is 2. The molecule has 4 rings (SSSR count). The van der Waals surface area contributed by atoms with Crippen LogP contribution in [0.2, 0.25) is 5.02 Å². The highest BCUT2D eigenvalue weighted by atomic mass is 35.5. The first-order chi connectivity index (χ1) is 13.0. The van der Waals surface area contributed by atoms with E-state index >= 15 is 0 Å². The first kappa shape index (κ1) is 17.1. The molecular formula is C17H11ClF2N6O. The third-order valence-electron chi connectivity index (χ3n) is 3.68. The molecule has 136 valence electrons. The Labute approximate surface area is 156 Å². The number of nitrogens with zero attached hydrogens (tertiary/aromatic N) is 4. The van der Waals surface area contributed by atoms with Crippen LogP contribution in [0.5, 0.6) is 0 Å². The number of hydrogen-bond donors (Lipinski definition) is 2. The van der Waals surface area contributed by atoms with Crippen LogP contribution >= 0.6 is 11.6 Å². The maximum Gasteiger partial charge on any atom is 0.245 e. The van der Waals surface area contributed by atoms with Gasteiger partial charge < -0.3 is 10.6 Å². The molecule has 27 heavy (non-hydrogen) atoms. The molecule has 0 atom stereocenters. The van der Waals surface area contributed by atoms with E-state index in [4.69, 9.17) is 11.6 Å². The molecule has 10 heteroatoms. The Morgan fingerprint density at radius 1 is 0.852 bits per heavy atom. The molecule has 0 saturated heterocycles. The minimum atomic E-state index is -0.588. The molecule has 0 fully saturated rings. The lowest BCUT2D eigenvalue weighted by Gasteiger charge is -2.13. The van der Waals surface area contributed by atoms with Crippen LogP contribution in [0.4, 0.5) is 31.8 Å². The van der Waals surface area contributed by atoms with Crippen LogP contribution in [0.15, 0.2) is 41.0 Å². The Kier molecular flexibility index (Phi) is 4.28. The van der Waals surface area contributed by atoms with E-state index in [0.717, 1.165) is 11.6 Å². The van der Waals surface area contributed by atoms with Crippen molar-refractivity contribution in [1.82, 2.24) is 20.3 Å². The molecule has 0 aliphatic carbocycles. The van der Waals surface area contributed by atoms with Crippen LogP contribution in [-0.4, -0.2) is 20.3 Å². The van der Waals surface area contributed by atoms with E-state index in [-0.39, 0.29) is 39.3 Å². The summed E-state index contributed by atoms with van der Waals surface area (Å²) in [6, 6.07) is 8.79. The molecule has 0 bridgehead atoms. The van der Waals surface area contributed by atoms with Crippen LogP contribution in [0.1, 0.15) is 5.56 Å². The SMILES string of the molecule is Cc1ccc(Nc2nc3nonc3nc2Nc2ccc(Cl)cc2F)c(F)c1. The molecule has 0 saturated carbocycles. The second-order valence-corrected chi connectivity index (χ2v) is 6.13. The van der Waals surface area contributed by atoms with Gasteiger partial charge in [0.1, 0.15) is 11.6 Å². The molecular weight excluding hydrogens is 378 g/mol. The normalized spacial score (nSPS) is 11.0. The third kappa shape index (κ3) is 3.49. The fourth-order valence-electron chi connectivity index (χ4n) is 2.38. The predicted octanol–water partition coefficient (Wildman–Crippen LogP) is 4.74. The van der Waals surface area contributed by atoms with Crippen LogP contribution in [-0.2, 0) is 0 Å². The predicted molar refractivity (Wildman–Crippen MR) is 96.5 cm³/mol. The standard InChI is InChI=1S/C17H11ClF2N6O/c1-8-2-4-12(10(19)6-8)21-14-15(24-17-16(23-14)25-27-26-17)22-13-5-3-9(18)7-11(13)20/h2-7H,1H3,(H,21,23,25)(H,22,24,26). The quantitative estimate of drug-likeness (QED) is 0.522. The van der Waals surface area contributed by atoms with Gasteiger partial charge in [0.25, 0.3) is 0 Å². The number of anilines is 4. The highest BCUT2D eigenvalue weighted by Gasteiger charge is 2.16. The maximum atomic E-state index is 14.2. The van der Waals surface area contributed by atoms with Gasteiger partial charge in [-0.3, -0.25) is 0 Å². The highest BCUT2D eigenvalue weighted by molar-refractivity contribution is 6.30. The Morgan fingerprint density at radius 3 is 1.96 bits per heavy atom. The smallest absolute Gasteiger partial charge is 0.245 e. The number of hydrogen-bond acceptors (Lipinski definition) is 7. The zero-order valence-electron chi connectivity index (χ0n) is 13.8. The van der Waals surface area contributed by atoms with E-state index in [1.807, 2.05) is 0 Å². The molecule has 0 spiro atoms. The number of rotatable bonds is 4. The van der Waals surface area contributed by atoms with Gasteiger partial charge in [0.15, 0.2) is 11.6 Å². The van der Waals surface area contributed by atoms with Gasteiger partial charge in [0, 0.05) is 5.02 Å². The second-order valence-electron chi connectivity index (χ2n) is 5.69. The monoisotopic (exact) mass is 388 g/mol. The van der Waals surface area contributed by atoms with Crippen LogP contribution in [0, 0.1) is 18.6 Å². The molecule has 0 radical (unpaired) electrons. The molecule has 0 amide bonds. The summed E-state index contributed by atoms with van der Waals surface area (Å²) >= 11 is 5.77. The van der Waals surface area contributed by atoms with Crippen molar-refractivity contribution in [3.8, 4) is 0 Å². The summed E-state index contributed by atoms with van der Waals surface area (Å²) in [5, 5.41) is 13.1. The topological polar surface area (TPSA) is 88.8 Å². The number of nitrogens with one attached hydrogen (secondary N) is 2. The van der Waals surface area contributed by atoms with Gasteiger partial charge in [-0.15, -0.1) is 0 Å². The summed E-state index contributed by atoms with van der Waals surface area (Å²) in [7, 11) is 0. The Morgan fingerprint density at radius 2 is 1.41 bits per heavy atom. The van der Waals surface area contributed by atoms with Crippen LogP contribution < -0.4 is 10.6 Å². The van der Waals surface area contributed by atoms with Gasteiger partial charge in [-0.2, -0.15) is 0 Å². The van der Waals surface area contributed by atoms with Crippen molar-refractivity contribution < 1.29 is 13.4 Å². The largest absolute Gasteiger partial charge is 0.335 e. The van der Waals surface area contributed by atoms with Crippen molar-refractivity contribution in [2.45, 2.75) is 6.92 Å². The average Bonchev–Trinajstić information content (AvgIpc) is 3.07. The van der Waals surface area contributed by atoms with E-state index in [9.17, 15) is 8.78 Å². The van der Waals surface area contributed by atoms with Gasteiger partial charge in [0.2, 0.25) is 11.3 Å². The fourth-order valence-corrected chi connectivity index (χ4v) is 2.54. The zero-order chi connectivity index (χ0) is 19.0. The number of halogens is 3. The van der Waals surface area contributed by atoms with Gasteiger partial charge >= 0.3 is 0 Å². The summed E-state index contributed by atoms with van der Waals surface area (Å²) in [6.45, 7) is 1.77. The molecule has 2 heterocycles. The Hall–Kier alpha value is -3.33. The van der Waals surface area contributed by atoms with Crippen molar-refractivity contribution in [1.29, 1.82) is 0 Å². The highest BCUT2D eigenvalue weighted by Crippen LogP contribution is 2.29. The van der Waals surface area contributed by atoms with Crippen molar-refractivity contribution >= 4 is 45.9 Å². The van der Waals surface area contributed by atoms with E-state index in [1.165, 1.54) is 18.2 Å². The van der Waals surface area contributed by atoms with E-state index in [0.29, 0.717) is 0 Å². The zero-order valence-corrected chi connectivity index (χ0v) is 14.6. The lowest BCUT2D eigenvalue weighted by molar-refractivity contribution is 0.314. The minimum Gasteiger partial charge on any atom is -0.335 e. The molecule has 2 aromatic heterocycles. The van der Waals surface area contributed by atoms with Crippen molar-refractivity contribution in [2.75, 3.05) is 10.6 Å². The molecule has 0 aliphatic heterocycles. The molecule has 4 aromatic rings. The number of aryl methyl sites for hydroxylation is 1. The lowest BCUT2D eigenvalue weighted by atomic mass is 10.2. The van der Waals surface area contributed by atoms with Crippen molar-refractivity contribution in [3.05, 3.63) is 58.6 Å². The maximum absolute atomic E-state index is 14.2. The summed E-state index contributed by atoms with van der Waals surface area (Å²) in [5.74, 6) is -0.830. The number of fused-ring (bicyclic) bond motifs is 1. The molecule has 2 aromatic carbocycles. The van der Waals surface area contributed by atoms with Crippen molar-refractivity contribution in [3.63, 3.8) is 0 Å². The minimum absolute atomic E-state index is 0.108. The van der Waals surface area contributed by atoms with E-state index < -0.39 is 11.6 Å². The van der Waals surface area contributed by atoms with Crippen LogP contribution in [0.25, 0.3) is 11.3 Å². The van der Waals surface area contributed by atoms with Gasteiger partial charge in [-0.25, -0.2) is 23.4 Å². The Balaban J connectivity index is 1.77. The summed E-state index contributed by atoms with van der Waals surface area (Å²) in [4.78, 5) is 8.43. The Bertz CT molecular complexity index is 1060. The third-order valence-corrected chi connectivity index (χ3v) is 3.91. The van der Waals surface area contributed by atoms with Crippen molar-refractivity contribution in [2.24, 2.45) is 0 Å². The molecule has 0 aliphatic rings. The first-order valence-electron chi connectivity index (χ1n) is 7.75. The van der Waals surface area contributed by atoms with Gasteiger partial charge in [-0.05, 0) is 53.1 Å². The van der Waals surface area contributed by atoms with E-state index in [1.54, 1.807) is 19.1 Å². The molecule has 7 nitrogen and oxygen atoms in total. The van der Waals surface area contributed by atoms with Crippen LogP contribution in [0.3, 0.4) is 0 Å². The second kappa shape index (κ2) is 6.76. The molecule has 0 unspecified atom stereocenters. The first-order valence-corrected chi connectivity index (χ1v) is 8.13. The lowest BCUT2D eigenvalue weighted by Crippen LogP contribution is -2.05. The summed E-state index contributed by atoms with van der Waals surface area (Å²) < 4.78 is 32.9.